The van der Waals surface area contributed by atoms with Crippen LogP contribution in [0.1, 0.15) is 18.0 Å². The first-order valence-corrected chi connectivity index (χ1v) is 4.62. The van der Waals surface area contributed by atoms with Gasteiger partial charge in [0.15, 0.2) is 0 Å². The van der Waals surface area contributed by atoms with E-state index in [9.17, 15) is 9.18 Å². The van der Waals surface area contributed by atoms with Gasteiger partial charge in [-0.2, -0.15) is 4.39 Å². The zero-order valence-electron chi connectivity index (χ0n) is 7.93. The lowest BCUT2D eigenvalue weighted by Gasteiger charge is -2.11. The van der Waals surface area contributed by atoms with Crippen molar-refractivity contribution in [2.24, 2.45) is 0 Å². The Morgan fingerprint density at radius 2 is 2.27 bits per heavy atom. The Kier molecular flexibility index (Phi) is 2.49. The number of aromatic nitrogens is 2. The maximum absolute atomic E-state index is 13.2. The molecule has 0 radical (unpaired) electrons. The summed E-state index contributed by atoms with van der Waals surface area (Å²) in [5.41, 5.74) is 0.265. The fourth-order valence-corrected chi connectivity index (χ4v) is 1.76. The molecule has 1 atom stereocenters. The van der Waals surface area contributed by atoms with Crippen molar-refractivity contribution in [3.05, 3.63) is 24.0 Å². The van der Waals surface area contributed by atoms with Crippen LogP contribution in [0.15, 0.2) is 12.4 Å². The molecular weight excluding hydrogens is 201 g/mol. The van der Waals surface area contributed by atoms with Crippen molar-refractivity contribution in [3.63, 3.8) is 0 Å². The van der Waals surface area contributed by atoms with E-state index in [1.807, 2.05) is 0 Å². The first-order valence-electron chi connectivity index (χ1n) is 4.62. The Hall–Kier alpha value is -1.72. The Morgan fingerprint density at radius 3 is 2.87 bits per heavy atom. The topological polar surface area (TPSA) is 66.3 Å². The molecule has 0 aliphatic carbocycles. The molecule has 0 spiro atoms. The number of hydrogen-bond acceptors (Lipinski definition) is 3. The monoisotopic (exact) mass is 211 g/mol. The Bertz CT molecular complexity index is 385. The van der Waals surface area contributed by atoms with Crippen molar-refractivity contribution in [1.29, 1.82) is 0 Å². The molecule has 1 aliphatic heterocycles. The van der Waals surface area contributed by atoms with E-state index in [0.29, 0.717) is 19.5 Å². The molecule has 5 nitrogen and oxygen atoms in total. The van der Waals surface area contributed by atoms with Crippen molar-refractivity contribution in [3.8, 4) is 0 Å². The van der Waals surface area contributed by atoms with Gasteiger partial charge in [0.05, 0.1) is 0 Å². The lowest BCUT2D eigenvalue weighted by atomic mass is 10.1. The summed E-state index contributed by atoms with van der Waals surface area (Å²) in [5, 5.41) is 8.74. The minimum Gasteiger partial charge on any atom is -0.465 e. The van der Waals surface area contributed by atoms with E-state index in [4.69, 9.17) is 5.11 Å². The molecule has 1 saturated heterocycles. The van der Waals surface area contributed by atoms with Crippen molar-refractivity contribution < 1.29 is 14.3 Å². The normalized spacial score (nSPS) is 20.6. The van der Waals surface area contributed by atoms with Crippen LogP contribution in [0.2, 0.25) is 0 Å². The van der Waals surface area contributed by atoms with Crippen LogP contribution in [-0.2, 0) is 0 Å². The molecule has 2 heterocycles. The summed E-state index contributed by atoms with van der Waals surface area (Å²) in [6.45, 7) is 0.723. The van der Waals surface area contributed by atoms with Crippen LogP contribution >= 0.6 is 0 Å². The number of nitrogens with zero attached hydrogens (tertiary/aromatic N) is 3. The van der Waals surface area contributed by atoms with Crippen LogP contribution in [0.3, 0.4) is 0 Å². The summed E-state index contributed by atoms with van der Waals surface area (Å²) in [5.74, 6) is -0.774. The Balaban J connectivity index is 2.14. The van der Waals surface area contributed by atoms with Gasteiger partial charge in [0, 0.05) is 31.4 Å². The molecule has 1 amide bonds. The van der Waals surface area contributed by atoms with E-state index in [0.717, 1.165) is 0 Å². The summed E-state index contributed by atoms with van der Waals surface area (Å²) in [7, 11) is 0. The summed E-state index contributed by atoms with van der Waals surface area (Å²) in [6.07, 6.45) is 2.33. The van der Waals surface area contributed by atoms with Gasteiger partial charge in [-0.1, -0.05) is 0 Å². The summed E-state index contributed by atoms with van der Waals surface area (Å²) in [4.78, 5) is 19.3. The van der Waals surface area contributed by atoms with Crippen molar-refractivity contribution in [1.82, 2.24) is 14.9 Å². The minimum atomic E-state index is -0.971. The van der Waals surface area contributed by atoms with Crippen LogP contribution in [0, 0.1) is 5.95 Å². The van der Waals surface area contributed by atoms with Gasteiger partial charge in [0.1, 0.15) is 5.69 Å². The van der Waals surface area contributed by atoms with Gasteiger partial charge in [-0.15, -0.1) is 0 Å². The molecule has 1 unspecified atom stereocenters. The van der Waals surface area contributed by atoms with Gasteiger partial charge >= 0.3 is 6.09 Å². The summed E-state index contributed by atoms with van der Waals surface area (Å²) >= 11 is 0. The van der Waals surface area contributed by atoms with Gasteiger partial charge in [0.25, 0.3) is 0 Å². The minimum absolute atomic E-state index is 0.171. The maximum atomic E-state index is 13.2. The van der Waals surface area contributed by atoms with E-state index in [2.05, 4.69) is 9.97 Å². The van der Waals surface area contributed by atoms with Gasteiger partial charge < -0.3 is 10.0 Å². The molecule has 6 heteroatoms. The van der Waals surface area contributed by atoms with E-state index in [1.165, 1.54) is 17.3 Å². The van der Waals surface area contributed by atoms with Crippen LogP contribution in [-0.4, -0.2) is 39.2 Å². The zero-order chi connectivity index (χ0) is 10.8. The highest BCUT2D eigenvalue weighted by molar-refractivity contribution is 5.65. The molecule has 0 bridgehead atoms. The van der Waals surface area contributed by atoms with Crippen molar-refractivity contribution in [2.75, 3.05) is 13.1 Å². The number of hydrogen-bond donors (Lipinski definition) is 1. The van der Waals surface area contributed by atoms with Gasteiger partial charge in [-0.3, -0.25) is 4.98 Å². The molecule has 0 aromatic carbocycles. The van der Waals surface area contributed by atoms with Crippen LogP contribution in [0.4, 0.5) is 9.18 Å². The fraction of sp³-hybridized carbons (Fsp3) is 0.444. The first kappa shape index (κ1) is 9.82. The predicted octanol–water partition coefficient (Wildman–Crippen LogP) is 1.08. The fourth-order valence-electron chi connectivity index (χ4n) is 1.76. The van der Waals surface area contributed by atoms with E-state index >= 15 is 0 Å². The highest BCUT2D eigenvalue weighted by atomic mass is 19.1. The predicted molar refractivity (Wildman–Crippen MR) is 48.9 cm³/mol. The highest BCUT2D eigenvalue weighted by Gasteiger charge is 2.29. The molecule has 80 valence electrons. The number of likely N-dealkylation sites (tertiary alicyclic amines) is 1. The Labute approximate surface area is 85.6 Å². The van der Waals surface area contributed by atoms with Crippen LogP contribution in [0.5, 0.6) is 0 Å². The lowest BCUT2D eigenvalue weighted by molar-refractivity contribution is 0.155. The smallest absolute Gasteiger partial charge is 0.407 e. The summed E-state index contributed by atoms with van der Waals surface area (Å²) < 4.78 is 13.2. The van der Waals surface area contributed by atoms with E-state index in [-0.39, 0.29) is 11.6 Å². The number of carbonyl (C=O) groups is 1. The SMILES string of the molecule is O=C(O)N1CCC(c2nccnc2F)C1. The van der Waals surface area contributed by atoms with E-state index < -0.39 is 12.0 Å². The molecule has 2 rings (SSSR count). The number of amides is 1. The second kappa shape index (κ2) is 3.80. The molecule has 1 N–H and O–H groups in total. The average molecular weight is 211 g/mol. The average Bonchev–Trinajstić information content (AvgIpc) is 2.67. The third-order valence-corrected chi connectivity index (χ3v) is 2.53. The zero-order valence-corrected chi connectivity index (χ0v) is 7.93. The molecule has 1 aliphatic rings. The largest absolute Gasteiger partial charge is 0.465 e. The number of carboxylic acid groups (broad SMARTS) is 1. The number of halogens is 1. The van der Waals surface area contributed by atoms with Crippen molar-refractivity contribution >= 4 is 6.09 Å². The van der Waals surface area contributed by atoms with Crippen LogP contribution < -0.4 is 0 Å². The second-order valence-electron chi connectivity index (χ2n) is 3.45. The molecule has 0 saturated carbocycles. The lowest BCUT2D eigenvalue weighted by Crippen LogP contribution is -2.26. The van der Waals surface area contributed by atoms with E-state index in [1.54, 1.807) is 0 Å². The molecule has 1 aromatic heterocycles. The number of rotatable bonds is 1. The highest BCUT2D eigenvalue weighted by Crippen LogP contribution is 2.26. The third kappa shape index (κ3) is 1.88. The third-order valence-electron chi connectivity index (χ3n) is 2.53. The molecular formula is C9H10FN3O2. The molecule has 15 heavy (non-hydrogen) atoms. The van der Waals surface area contributed by atoms with Crippen LogP contribution in [0.25, 0.3) is 0 Å². The van der Waals surface area contributed by atoms with Gasteiger partial charge in [-0.05, 0) is 6.42 Å². The molecule has 1 aromatic rings. The molecule has 1 fully saturated rings. The standard InChI is InChI=1S/C9H10FN3O2/c10-8-7(11-2-3-12-8)6-1-4-13(5-6)9(14)15/h2-3,6H,1,4-5H2,(H,14,15). The Morgan fingerprint density at radius 1 is 1.53 bits per heavy atom. The second-order valence-corrected chi connectivity index (χ2v) is 3.45. The maximum Gasteiger partial charge on any atom is 0.407 e. The van der Waals surface area contributed by atoms with Gasteiger partial charge in [-0.25, -0.2) is 9.78 Å². The summed E-state index contributed by atoms with van der Waals surface area (Å²) in [6, 6.07) is 0. The van der Waals surface area contributed by atoms with Gasteiger partial charge in [0.2, 0.25) is 5.95 Å². The van der Waals surface area contributed by atoms with Crippen molar-refractivity contribution in [2.45, 2.75) is 12.3 Å². The first-order chi connectivity index (χ1) is 7.18. The quantitative estimate of drug-likeness (QED) is 0.754.